The van der Waals surface area contributed by atoms with Crippen molar-refractivity contribution in [3.8, 4) is 11.3 Å². The third-order valence-electron chi connectivity index (χ3n) is 5.58. The minimum atomic E-state index is -3.81. The fourth-order valence-corrected chi connectivity index (χ4v) is 4.89. The molecule has 1 atom stereocenters. The number of rotatable bonds is 9. The first-order valence-electron chi connectivity index (χ1n) is 11.3. The Morgan fingerprint density at radius 3 is 2.23 bits per heavy atom. The van der Waals surface area contributed by atoms with Crippen LogP contribution in [0.5, 0.6) is 0 Å². The van der Waals surface area contributed by atoms with Gasteiger partial charge in [0.2, 0.25) is 15.9 Å². The number of aromatic nitrogens is 2. The zero-order chi connectivity index (χ0) is 24.8. The lowest BCUT2D eigenvalue weighted by molar-refractivity contribution is -0.122. The number of carbonyl (C=O) groups excluding carboxylic acids is 1. The maximum atomic E-state index is 12.8. The van der Waals surface area contributed by atoms with Crippen LogP contribution >= 0.6 is 0 Å². The van der Waals surface area contributed by atoms with Crippen LogP contribution in [0.25, 0.3) is 11.3 Å². The summed E-state index contributed by atoms with van der Waals surface area (Å²) in [4.78, 5) is 12.9. The van der Waals surface area contributed by atoms with Crippen molar-refractivity contribution in [2.75, 3.05) is 0 Å². The Labute approximate surface area is 205 Å². The predicted molar refractivity (Wildman–Crippen MR) is 136 cm³/mol. The van der Waals surface area contributed by atoms with Crippen molar-refractivity contribution >= 4 is 15.9 Å². The number of benzene rings is 3. The van der Waals surface area contributed by atoms with Crippen LogP contribution in [-0.2, 0) is 27.9 Å². The maximum absolute atomic E-state index is 12.8. The molecule has 0 unspecified atom stereocenters. The SMILES string of the molecule is Cc1ccc(S(=O)(=O)N[C@@H](C)C(=O)NCc2cn(Cc3ccccc3)nc2-c2ccccc2)cc1. The Morgan fingerprint density at radius 1 is 0.943 bits per heavy atom. The van der Waals surface area contributed by atoms with Crippen molar-refractivity contribution in [2.45, 2.75) is 37.9 Å². The third-order valence-corrected chi connectivity index (χ3v) is 7.14. The van der Waals surface area contributed by atoms with E-state index in [-0.39, 0.29) is 11.4 Å². The molecule has 0 saturated carbocycles. The Hall–Kier alpha value is -3.75. The van der Waals surface area contributed by atoms with Gasteiger partial charge >= 0.3 is 0 Å². The van der Waals surface area contributed by atoms with Crippen molar-refractivity contribution in [1.82, 2.24) is 19.8 Å². The molecule has 2 N–H and O–H groups in total. The Morgan fingerprint density at radius 2 is 1.57 bits per heavy atom. The van der Waals surface area contributed by atoms with E-state index in [1.165, 1.54) is 19.1 Å². The highest BCUT2D eigenvalue weighted by Crippen LogP contribution is 2.22. The lowest BCUT2D eigenvalue weighted by Gasteiger charge is -2.14. The first-order valence-corrected chi connectivity index (χ1v) is 12.8. The van der Waals surface area contributed by atoms with Crippen LogP contribution in [0, 0.1) is 6.92 Å². The van der Waals surface area contributed by atoms with Crippen molar-refractivity contribution in [3.63, 3.8) is 0 Å². The molecule has 1 heterocycles. The summed E-state index contributed by atoms with van der Waals surface area (Å²) in [6.45, 7) is 4.22. The summed E-state index contributed by atoms with van der Waals surface area (Å²) < 4.78 is 29.6. The topological polar surface area (TPSA) is 93.1 Å². The highest BCUT2D eigenvalue weighted by Gasteiger charge is 2.22. The fourth-order valence-electron chi connectivity index (χ4n) is 3.69. The summed E-state index contributed by atoms with van der Waals surface area (Å²) in [6.07, 6.45) is 1.91. The molecule has 8 heteroatoms. The summed E-state index contributed by atoms with van der Waals surface area (Å²) in [5, 5.41) is 7.61. The predicted octanol–water partition coefficient (Wildman–Crippen LogP) is 3.89. The molecule has 0 radical (unpaired) electrons. The molecule has 4 rings (SSSR count). The molecule has 180 valence electrons. The normalized spacial score (nSPS) is 12.3. The van der Waals surface area contributed by atoms with Crippen LogP contribution in [0.15, 0.2) is 96.0 Å². The zero-order valence-electron chi connectivity index (χ0n) is 19.7. The van der Waals surface area contributed by atoms with E-state index in [1.54, 1.807) is 12.1 Å². The third kappa shape index (κ3) is 6.23. The Balaban J connectivity index is 1.47. The summed E-state index contributed by atoms with van der Waals surface area (Å²) in [7, 11) is -3.81. The second-order valence-electron chi connectivity index (χ2n) is 8.43. The first kappa shape index (κ1) is 24.4. The summed E-state index contributed by atoms with van der Waals surface area (Å²) in [5.74, 6) is -0.421. The number of hydrogen-bond acceptors (Lipinski definition) is 4. The van der Waals surface area contributed by atoms with Crippen LogP contribution < -0.4 is 10.0 Å². The van der Waals surface area contributed by atoms with Gasteiger partial charge in [-0.15, -0.1) is 0 Å². The van der Waals surface area contributed by atoms with Gasteiger partial charge in [-0.3, -0.25) is 9.48 Å². The molecule has 0 fully saturated rings. The van der Waals surface area contributed by atoms with Crippen LogP contribution in [0.4, 0.5) is 0 Å². The number of nitrogens with one attached hydrogen (secondary N) is 2. The van der Waals surface area contributed by atoms with Gasteiger partial charge in [0.15, 0.2) is 0 Å². The van der Waals surface area contributed by atoms with E-state index in [0.717, 1.165) is 27.9 Å². The monoisotopic (exact) mass is 488 g/mol. The number of nitrogens with zero attached hydrogens (tertiary/aromatic N) is 2. The number of hydrogen-bond donors (Lipinski definition) is 2. The van der Waals surface area contributed by atoms with Gasteiger partial charge in [0.25, 0.3) is 0 Å². The van der Waals surface area contributed by atoms with Crippen LogP contribution in [0.3, 0.4) is 0 Å². The smallest absolute Gasteiger partial charge is 0.241 e. The van der Waals surface area contributed by atoms with Crippen LogP contribution in [-0.4, -0.2) is 30.1 Å². The van der Waals surface area contributed by atoms with Crippen molar-refractivity contribution < 1.29 is 13.2 Å². The van der Waals surface area contributed by atoms with Gasteiger partial charge in [-0.1, -0.05) is 78.4 Å². The lowest BCUT2D eigenvalue weighted by Crippen LogP contribution is -2.44. The van der Waals surface area contributed by atoms with Gasteiger partial charge < -0.3 is 5.32 Å². The summed E-state index contributed by atoms with van der Waals surface area (Å²) in [5.41, 5.74) is 4.63. The van der Waals surface area contributed by atoms with Crippen molar-refractivity contribution in [3.05, 3.63) is 108 Å². The van der Waals surface area contributed by atoms with E-state index in [1.807, 2.05) is 78.5 Å². The molecule has 35 heavy (non-hydrogen) atoms. The van der Waals surface area contributed by atoms with E-state index >= 15 is 0 Å². The van der Waals surface area contributed by atoms with E-state index in [9.17, 15) is 13.2 Å². The molecular weight excluding hydrogens is 460 g/mol. The minimum absolute atomic E-state index is 0.122. The fraction of sp³-hybridized carbons (Fsp3) is 0.185. The molecule has 1 amide bonds. The molecule has 0 aliphatic carbocycles. The second-order valence-corrected chi connectivity index (χ2v) is 10.1. The minimum Gasteiger partial charge on any atom is -0.351 e. The maximum Gasteiger partial charge on any atom is 0.241 e. The average molecular weight is 489 g/mol. The highest BCUT2D eigenvalue weighted by atomic mass is 32.2. The molecule has 4 aromatic rings. The second kappa shape index (κ2) is 10.7. The van der Waals surface area contributed by atoms with Crippen LogP contribution in [0.1, 0.15) is 23.6 Å². The number of sulfonamides is 1. The Bertz CT molecular complexity index is 1380. The van der Waals surface area contributed by atoms with Gasteiger partial charge in [0, 0.05) is 23.9 Å². The van der Waals surface area contributed by atoms with E-state index in [2.05, 4.69) is 10.0 Å². The van der Waals surface area contributed by atoms with Crippen molar-refractivity contribution in [1.29, 1.82) is 0 Å². The van der Waals surface area contributed by atoms with Gasteiger partial charge in [0.05, 0.1) is 23.2 Å². The lowest BCUT2D eigenvalue weighted by atomic mass is 10.1. The molecule has 7 nitrogen and oxygen atoms in total. The van der Waals surface area contributed by atoms with E-state index in [0.29, 0.717) is 6.54 Å². The summed E-state index contributed by atoms with van der Waals surface area (Å²) in [6, 6.07) is 25.3. The standard InChI is InChI=1S/C27H28N4O3S/c1-20-13-15-25(16-14-20)35(33,34)30-21(2)27(32)28-17-24-19-31(18-22-9-5-3-6-10-22)29-26(24)23-11-7-4-8-12-23/h3-16,19,21,30H,17-18H2,1-2H3,(H,28,32)/t21-/m0/s1. The first-order chi connectivity index (χ1) is 16.8. The van der Waals surface area contributed by atoms with Crippen LogP contribution in [0.2, 0.25) is 0 Å². The molecule has 1 aromatic heterocycles. The number of carbonyl (C=O) groups is 1. The van der Waals surface area contributed by atoms with Gasteiger partial charge in [-0.2, -0.15) is 9.82 Å². The Kier molecular flexibility index (Phi) is 7.43. The van der Waals surface area contributed by atoms with Gasteiger partial charge in [0.1, 0.15) is 0 Å². The number of amides is 1. The molecule has 3 aromatic carbocycles. The summed E-state index contributed by atoms with van der Waals surface area (Å²) >= 11 is 0. The van der Waals surface area contributed by atoms with Gasteiger partial charge in [-0.05, 0) is 31.5 Å². The van der Waals surface area contributed by atoms with E-state index < -0.39 is 22.0 Å². The van der Waals surface area contributed by atoms with E-state index in [4.69, 9.17) is 5.10 Å². The molecule has 0 aliphatic heterocycles. The quantitative estimate of drug-likeness (QED) is 0.374. The molecular formula is C27H28N4O3S. The van der Waals surface area contributed by atoms with Gasteiger partial charge in [-0.25, -0.2) is 8.42 Å². The zero-order valence-corrected chi connectivity index (χ0v) is 20.5. The molecule has 0 bridgehead atoms. The molecule has 0 spiro atoms. The number of aryl methyl sites for hydroxylation is 1. The molecule has 0 saturated heterocycles. The highest BCUT2D eigenvalue weighted by molar-refractivity contribution is 7.89. The largest absolute Gasteiger partial charge is 0.351 e. The average Bonchev–Trinajstić information content (AvgIpc) is 3.26. The van der Waals surface area contributed by atoms with Crippen molar-refractivity contribution in [2.24, 2.45) is 0 Å². The molecule has 0 aliphatic rings.